The Bertz CT molecular complexity index is 741. The summed E-state index contributed by atoms with van der Waals surface area (Å²) >= 11 is 1.30. The maximum absolute atomic E-state index is 12.5. The van der Waals surface area contributed by atoms with Crippen LogP contribution in [0.25, 0.3) is 0 Å². The molecule has 0 spiro atoms. The average molecular weight is 375 g/mol. The first-order valence-corrected chi connectivity index (χ1v) is 9.86. The minimum atomic E-state index is -0.241. The van der Waals surface area contributed by atoms with Crippen LogP contribution in [0.3, 0.4) is 0 Å². The number of hydrogen-bond acceptors (Lipinski definition) is 6. The monoisotopic (exact) mass is 375 g/mol. The molecule has 0 aliphatic carbocycles. The fourth-order valence-corrected chi connectivity index (χ4v) is 3.67. The van der Waals surface area contributed by atoms with Crippen LogP contribution in [0.5, 0.6) is 5.75 Å². The fourth-order valence-electron chi connectivity index (χ4n) is 2.88. The number of nitrogens with zero attached hydrogens (tertiary/aromatic N) is 3. The van der Waals surface area contributed by atoms with E-state index >= 15 is 0 Å². The van der Waals surface area contributed by atoms with Crippen molar-refractivity contribution in [1.29, 1.82) is 0 Å². The fraction of sp³-hybridized carbons (Fsp3) is 0.526. The Hall–Kier alpha value is -2.02. The maximum atomic E-state index is 12.5. The van der Waals surface area contributed by atoms with Crippen LogP contribution in [0.15, 0.2) is 33.9 Å². The van der Waals surface area contributed by atoms with Gasteiger partial charge in [-0.25, -0.2) is 0 Å². The number of aromatic nitrogens is 2. The Morgan fingerprint density at radius 3 is 2.88 bits per heavy atom. The molecule has 0 radical (unpaired) electrons. The normalized spacial score (nSPS) is 16.5. The number of likely N-dealkylation sites (tertiary alicyclic amines) is 1. The Balaban J connectivity index is 1.50. The van der Waals surface area contributed by atoms with E-state index in [-0.39, 0.29) is 17.8 Å². The van der Waals surface area contributed by atoms with Crippen LogP contribution in [-0.4, -0.2) is 39.3 Å². The number of aryl methyl sites for hydroxylation is 1. The van der Waals surface area contributed by atoms with Gasteiger partial charge in [0.2, 0.25) is 5.91 Å². The van der Waals surface area contributed by atoms with Gasteiger partial charge in [-0.15, -0.1) is 10.2 Å². The van der Waals surface area contributed by atoms with Gasteiger partial charge in [-0.05, 0) is 50.3 Å². The molecule has 2 aromatic rings. The van der Waals surface area contributed by atoms with Crippen LogP contribution in [0, 0.1) is 12.8 Å². The molecule has 2 heterocycles. The van der Waals surface area contributed by atoms with Crippen LogP contribution in [-0.2, 0) is 11.4 Å². The molecule has 7 heteroatoms. The number of carbonyl (C=O) groups excluding carboxylic acids is 1. The largest absolute Gasteiger partial charge is 0.484 e. The summed E-state index contributed by atoms with van der Waals surface area (Å²) in [5.41, 5.74) is 1.13. The second-order valence-corrected chi connectivity index (χ2v) is 8.13. The summed E-state index contributed by atoms with van der Waals surface area (Å²) in [6.45, 7) is 8.02. The lowest BCUT2D eigenvalue weighted by Crippen LogP contribution is -2.41. The first kappa shape index (κ1) is 18.8. The molecule has 140 valence electrons. The van der Waals surface area contributed by atoms with E-state index in [0.717, 1.165) is 37.2 Å². The van der Waals surface area contributed by atoms with Crippen LogP contribution >= 0.6 is 11.8 Å². The lowest BCUT2D eigenvalue weighted by Gasteiger charge is -2.31. The molecule has 26 heavy (non-hydrogen) atoms. The van der Waals surface area contributed by atoms with Crippen LogP contribution in [0.2, 0.25) is 0 Å². The molecule has 1 aromatic heterocycles. The van der Waals surface area contributed by atoms with Crippen molar-refractivity contribution in [3.63, 3.8) is 0 Å². The third kappa shape index (κ3) is 5.00. The molecule has 1 fully saturated rings. The van der Waals surface area contributed by atoms with E-state index in [2.05, 4.69) is 17.1 Å². The highest BCUT2D eigenvalue weighted by molar-refractivity contribution is 8.00. The van der Waals surface area contributed by atoms with Crippen molar-refractivity contribution in [2.24, 2.45) is 5.92 Å². The molecule has 1 aromatic carbocycles. The van der Waals surface area contributed by atoms with E-state index in [1.54, 1.807) is 0 Å². The highest BCUT2D eigenvalue weighted by Gasteiger charge is 2.26. The third-order valence-corrected chi connectivity index (χ3v) is 5.44. The molecule has 1 unspecified atom stereocenters. The summed E-state index contributed by atoms with van der Waals surface area (Å²) in [4.78, 5) is 14.5. The smallest absolute Gasteiger partial charge is 0.277 e. The van der Waals surface area contributed by atoms with Crippen molar-refractivity contribution in [2.45, 2.75) is 50.7 Å². The quantitative estimate of drug-likeness (QED) is 0.717. The highest BCUT2D eigenvalue weighted by Crippen LogP contribution is 2.25. The minimum Gasteiger partial charge on any atom is -0.484 e. The molecular weight excluding hydrogens is 350 g/mol. The van der Waals surface area contributed by atoms with Gasteiger partial charge in [0.25, 0.3) is 11.1 Å². The Morgan fingerprint density at radius 1 is 1.38 bits per heavy atom. The number of thioether (sulfide) groups is 1. The van der Waals surface area contributed by atoms with Gasteiger partial charge in [-0.1, -0.05) is 30.8 Å². The van der Waals surface area contributed by atoms with Crippen LogP contribution < -0.4 is 4.74 Å². The van der Waals surface area contributed by atoms with Gasteiger partial charge >= 0.3 is 0 Å². The molecule has 0 N–H and O–H groups in total. The van der Waals surface area contributed by atoms with Gasteiger partial charge in [0, 0.05) is 13.1 Å². The molecule has 1 saturated heterocycles. The summed E-state index contributed by atoms with van der Waals surface area (Å²) in [5.74, 6) is 2.01. The van der Waals surface area contributed by atoms with E-state index in [4.69, 9.17) is 9.15 Å². The second kappa shape index (κ2) is 8.58. The Labute approximate surface area is 158 Å². The van der Waals surface area contributed by atoms with Gasteiger partial charge in [0.15, 0.2) is 6.61 Å². The predicted molar refractivity (Wildman–Crippen MR) is 100 cm³/mol. The molecular formula is C19H25N3O3S. The Kier molecular flexibility index (Phi) is 6.19. The van der Waals surface area contributed by atoms with Crippen molar-refractivity contribution >= 4 is 17.7 Å². The number of rotatable bonds is 6. The van der Waals surface area contributed by atoms with Gasteiger partial charge in [0.1, 0.15) is 5.75 Å². The van der Waals surface area contributed by atoms with Crippen molar-refractivity contribution < 1.29 is 13.9 Å². The number of amides is 1. The minimum absolute atomic E-state index is 0.137. The highest BCUT2D eigenvalue weighted by atomic mass is 32.2. The van der Waals surface area contributed by atoms with Crippen molar-refractivity contribution in [2.75, 3.05) is 13.1 Å². The molecule has 1 atom stereocenters. The van der Waals surface area contributed by atoms with Gasteiger partial charge in [-0.2, -0.15) is 0 Å². The number of piperidine rings is 1. The molecule has 3 rings (SSSR count). The second-order valence-electron chi connectivity index (χ2n) is 6.83. The summed E-state index contributed by atoms with van der Waals surface area (Å²) in [6.07, 6.45) is 2.15. The van der Waals surface area contributed by atoms with E-state index in [1.165, 1.54) is 11.8 Å². The van der Waals surface area contributed by atoms with Crippen LogP contribution in [0.4, 0.5) is 0 Å². The standard InChI is InChI=1S/C19H25N3O3S/c1-13-7-9-22(10-8-13)18(23)15(3)26-19-21-20-17(25-19)12-24-16-6-4-5-14(2)11-16/h4-6,11,13,15H,7-10,12H2,1-3H3. The SMILES string of the molecule is Cc1cccc(OCc2nnc(SC(C)C(=O)N3CCC(C)CC3)o2)c1. The summed E-state index contributed by atoms with van der Waals surface area (Å²) in [6, 6.07) is 7.79. The van der Waals surface area contributed by atoms with Crippen molar-refractivity contribution in [1.82, 2.24) is 15.1 Å². The average Bonchev–Trinajstić information content (AvgIpc) is 3.07. The lowest BCUT2D eigenvalue weighted by atomic mass is 9.99. The van der Waals surface area contributed by atoms with Crippen molar-refractivity contribution in [3.8, 4) is 5.75 Å². The predicted octanol–water partition coefficient (Wildman–Crippen LogP) is 3.70. The van der Waals surface area contributed by atoms with E-state index in [1.807, 2.05) is 43.0 Å². The number of ether oxygens (including phenoxy) is 1. The van der Waals surface area contributed by atoms with Gasteiger partial charge < -0.3 is 14.1 Å². The number of hydrogen-bond donors (Lipinski definition) is 0. The maximum Gasteiger partial charge on any atom is 0.277 e. The summed E-state index contributed by atoms with van der Waals surface area (Å²) in [5, 5.41) is 8.18. The third-order valence-electron chi connectivity index (χ3n) is 4.52. The van der Waals surface area contributed by atoms with E-state index in [0.29, 0.717) is 17.0 Å². The molecule has 6 nitrogen and oxygen atoms in total. The number of carbonyl (C=O) groups is 1. The Morgan fingerprint density at radius 2 is 2.15 bits per heavy atom. The number of benzene rings is 1. The first-order chi connectivity index (χ1) is 12.5. The van der Waals surface area contributed by atoms with Gasteiger partial charge in [0.05, 0.1) is 5.25 Å². The van der Waals surface area contributed by atoms with E-state index in [9.17, 15) is 4.79 Å². The van der Waals surface area contributed by atoms with Gasteiger partial charge in [-0.3, -0.25) is 4.79 Å². The van der Waals surface area contributed by atoms with Crippen molar-refractivity contribution in [3.05, 3.63) is 35.7 Å². The molecule has 0 saturated carbocycles. The molecule has 0 bridgehead atoms. The zero-order chi connectivity index (χ0) is 18.5. The first-order valence-electron chi connectivity index (χ1n) is 8.98. The zero-order valence-corrected chi connectivity index (χ0v) is 16.3. The molecule has 1 aliphatic heterocycles. The molecule has 1 aliphatic rings. The lowest BCUT2D eigenvalue weighted by molar-refractivity contribution is -0.131. The zero-order valence-electron chi connectivity index (χ0n) is 15.5. The summed E-state index contributed by atoms with van der Waals surface area (Å²) < 4.78 is 11.3. The van der Waals surface area contributed by atoms with Crippen LogP contribution in [0.1, 0.15) is 38.1 Å². The topological polar surface area (TPSA) is 68.5 Å². The molecule has 1 amide bonds. The summed E-state index contributed by atoms with van der Waals surface area (Å²) in [7, 11) is 0. The van der Waals surface area contributed by atoms with E-state index < -0.39 is 0 Å².